The monoisotopic (exact) mass is 242 g/mol. The van der Waals surface area contributed by atoms with Crippen LogP contribution in [0.5, 0.6) is 0 Å². The predicted molar refractivity (Wildman–Crippen MR) is 71.5 cm³/mol. The molecule has 100 valence electrons. The molecular weight excluding hydrogens is 216 g/mol. The number of amides is 2. The summed E-state index contributed by atoms with van der Waals surface area (Å²) in [6.45, 7) is 8.47. The van der Waals surface area contributed by atoms with Gasteiger partial charge in [-0.05, 0) is 13.3 Å². The van der Waals surface area contributed by atoms with Gasteiger partial charge >= 0.3 is 0 Å². The van der Waals surface area contributed by atoms with Gasteiger partial charge in [-0.3, -0.25) is 9.59 Å². The first-order valence-corrected chi connectivity index (χ1v) is 6.27. The smallest absolute Gasteiger partial charge is 0.248 e. The van der Waals surface area contributed by atoms with Crippen LogP contribution in [0, 0.1) is 0 Å². The van der Waals surface area contributed by atoms with Crippen molar-refractivity contribution in [2.45, 2.75) is 47.0 Å². The third-order valence-electron chi connectivity index (χ3n) is 2.10. The van der Waals surface area contributed by atoms with Crippen LogP contribution < -0.4 is 5.32 Å². The molecule has 2 amide bonds. The molecule has 0 aliphatic rings. The lowest BCUT2D eigenvalue weighted by Crippen LogP contribution is -2.23. The second kappa shape index (κ2) is 12.7. The molecule has 0 aliphatic heterocycles. The predicted octanol–water partition coefficient (Wildman–Crippen LogP) is 2.31. The van der Waals surface area contributed by atoms with E-state index >= 15 is 0 Å². The van der Waals surface area contributed by atoms with Crippen LogP contribution in [0.15, 0.2) is 11.8 Å². The molecule has 0 saturated heterocycles. The highest BCUT2D eigenvalue weighted by atomic mass is 16.2. The number of rotatable bonds is 7. The Kier molecular flexibility index (Phi) is 13.5. The summed E-state index contributed by atoms with van der Waals surface area (Å²) in [5.74, 6) is -0.155. The number of hydrogen-bond acceptors (Lipinski definition) is 2. The van der Waals surface area contributed by atoms with Crippen LogP contribution in [0.1, 0.15) is 47.0 Å². The Hall–Kier alpha value is -1.32. The summed E-state index contributed by atoms with van der Waals surface area (Å²) in [6, 6.07) is 0. The maximum Gasteiger partial charge on any atom is 0.248 e. The van der Waals surface area contributed by atoms with Crippen molar-refractivity contribution in [3.8, 4) is 0 Å². The molecule has 4 nitrogen and oxygen atoms in total. The van der Waals surface area contributed by atoms with Crippen LogP contribution >= 0.6 is 0 Å². The molecule has 0 fully saturated rings. The zero-order valence-electron chi connectivity index (χ0n) is 11.7. The second-order valence-corrected chi connectivity index (χ2v) is 3.44. The normalized spacial score (nSPS) is 10.1. The quantitative estimate of drug-likeness (QED) is 0.423. The van der Waals surface area contributed by atoms with E-state index in [0.29, 0.717) is 12.1 Å². The number of nitrogens with one attached hydrogen (secondary N) is 1. The molecule has 0 radical (unpaired) electrons. The van der Waals surface area contributed by atoms with Crippen molar-refractivity contribution in [1.29, 1.82) is 0 Å². The highest BCUT2D eigenvalue weighted by molar-refractivity contribution is 5.92. The van der Waals surface area contributed by atoms with Crippen LogP contribution in [0.4, 0.5) is 0 Å². The van der Waals surface area contributed by atoms with Gasteiger partial charge in [-0.2, -0.15) is 0 Å². The summed E-state index contributed by atoms with van der Waals surface area (Å²) in [5, 5.41) is 2.51. The van der Waals surface area contributed by atoms with Gasteiger partial charge in [0.05, 0.1) is 0 Å². The average Bonchev–Trinajstić information content (AvgIpc) is 2.38. The molecule has 17 heavy (non-hydrogen) atoms. The minimum absolute atomic E-state index is 0.155. The first-order chi connectivity index (χ1) is 8.15. The van der Waals surface area contributed by atoms with Crippen LogP contribution in [0.25, 0.3) is 0 Å². The molecule has 0 aliphatic carbocycles. The molecule has 0 aromatic rings. The lowest BCUT2D eigenvalue weighted by atomic mass is 10.2. The van der Waals surface area contributed by atoms with Crippen molar-refractivity contribution < 1.29 is 9.59 Å². The van der Waals surface area contributed by atoms with E-state index in [1.165, 1.54) is 4.90 Å². The van der Waals surface area contributed by atoms with E-state index in [-0.39, 0.29) is 5.91 Å². The summed E-state index contributed by atoms with van der Waals surface area (Å²) in [7, 11) is 1.57. The summed E-state index contributed by atoms with van der Waals surface area (Å²) in [6.07, 6.45) is 5.51. The lowest BCUT2D eigenvalue weighted by Gasteiger charge is -2.12. The van der Waals surface area contributed by atoms with E-state index in [2.05, 4.69) is 12.2 Å². The Morgan fingerprint density at radius 2 is 1.88 bits per heavy atom. The average molecular weight is 242 g/mol. The standard InChI is InChI=1S/C11H20N2O2.C2H6/c1-4-5-6-7-13(9-14)8-10(2)11(15)12-3;1-2/h8-9H,4-7H2,1-3H3,(H,12,15);1-2H3/b10-8-;. The summed E-state index contributed by atoms with van der Waals surface area (Å²) < 4.78 is 0. The van der Waals surface area contributed by atoms with Crippen LogP contribution in [-0.2, 0) is 9.59 Å². The fraction of sp³-hybridized carbons (Fsp3) is 0.692. The number of carbonyl (C=O) groups excluding carboxylic acids is 2. The van der Waals surface area contributed by atoms with Crippen molar-refractivity contribution >= 4 is 12.3 Å². The van der Waals surface area contributed by atoms with Gasteiger partial charge < -0.3 is 10.2 Å². The molecular formula is C13H26N2O2. The zero-order chi connectivity index (χ0) is 13.7. The third kappa shape index (κ3) is 9.60. The Morgan fingerprint density at radius 1 is 1.29 bits per heavy atom. The molecule has 1 N–H and O–H groups in total. The molecule has 0 unspecified atom stereocenters. The largest absolute Gasteiger partial charge is 0.355 e. The fourth-order valence-corrected chi connectivity index (χ4v) is 1.20. The summed E-state index contributed by atoms with van der Waals surface area (Å²) in [5.41, 5.74) is 0.543. The number of unbranched alkanes of at least 4 members (excludes halogenated alkanes) is 2. The maximum absolute atomic E-state index is 11.2. The van der Waals surface area contributed by atoms with Gasteiger partial charge in [-0.15, -0.1) is 0 Å². The highest BCUT2D eigenvalue weighted by Crippen LogP contribution is 2.00. The van der Waals surface area contributed by atoms with Gasteiger partial charge in [0, 0.05) is 25.4 Å². The van der Waals surface area contributed by atoms with Gasteiger partial charge in [0.2, 0.25) is 12.3 Å². The number of nitrogens with zero attached hydrogens (tertiary/aromatic N) is 1. The topological polar surface area (TPSA) is 49.4 Å². The third-order valence-corrected chi connectivity index (χ3v) is 2.10. The number of hydrogen-bond donors (Lipinski definition) is 1. The van der Waals surface area contributed by atoms with Gasteiger partial charge in [-0.25, -0.2) is 0 Å². The van der Waals surface area contributed by atoms with Crippen molar-refractivity contribution in [2.75, 3.05) is 13.6 Å². The van der Waals surface area contributed by atoms with Gasteiger partial charge in [-0.1, -0.05) is 33.6 Å². The first kappa shape index (κ1) is 18.1. The number of carbonyl (C=O) groups is 2. The molecule has 0 saturated carbocycles. The van der Waals surface area contributed by atoms with Crippen molar-refractivity contribution in [3.63, 3.8) is 0 Å². The van der Waals surface area contributed by atoms with E-state index in [0.717, 1.165) is 25.7 Å². The van der Waals surface area contributed by atoms with Gasteiger partial charge in [0.15, 0.2) is 0 Å². The minimum Gasteiger partial charge on any atom is -0.355 e. The summed E-state index contributed by atoms with van der Waals surface area (Å²) in [4.78, 5) is 23.4. The van der Waals surface area contributed by atoms with Gasteiger partial charge in [0.1, 0.15) is 0 Å². The maximum atomic E-state index is 11.2. The molecule has 0 bridgehead atoms. The van der Waals surface area contributed by atoms with Crippen LogP contribution in [0.3, 0.4) is 0 Å². The van der Waals surface area contributed by atoms with E-state index in [1.807, 2.05) is 13.8 Å². The summed E-state index contributed by atoms with van der Waals surface area (Å²) >= 11 is 0. The Bertz CT molecular complexity index is 238. The Morgan fingerprint density at radius 3 is 2.29 bits per heavy atom. The molecule has 0 aromatic heterocycles. The minimum atomic E-state index is -0.155. The SMILES string of the molecule is CC.CCCCCN(C=O)/C=C(/C)C(=O)NC. The lowest BCUT2D eigenvalue weighted by molar-refractivity contribution is -0.117. The number of likely N-dealkylation sites (N-methyl/N-ethyl adjacent to an activating group) is 1. The fourth-order valence-electron chi connectivity index (χ4n) is 1.20. The molecule has 4 heteroatoms. The van der Waals surface area contributed by atoms with Crippen LogP contribution in [-0.4, -0.2) is 30.8 Å². The highest BCUT2D eigenvalue weighted by Gasteiger charge is 2.03. The Balaban J connectivity index is 0. The van der Waals surface area contributed by atoms with E-state index < -0.39 is 0 Å². The van der Waals surface area contributed by atoms with Crippen molar-refractivity contribution in [2.24, 2.45) is 0 Å². The van der Waals surface area contributed by atoms with E-state index in [4.69, 9.17) is 0 Å². The molecule has 0 rings (SSSR count). The van der Waals surface area contributed by atoms with E-state index in [9.17, 15) is 9.59 Å². The van der Waals surface area contributed by atoms with Gasteiger partial charge in [0.25, 0.3) is 0 Å². The zero-order valence-corrected chi connectivity index (χ0v) is 11.7. The molecule has 0 atom stereocenters. The van der Waals surface area contributed by atoms with Crippen molar-refractivity contribution in [1.82, 2.24) is 10.2 Å². The first-order valence-electron chi connectivity index (χ1n) is 6.27. The van der Waals surface area contributed by atoms with Crippen molar-refractivity contribution in [3.05, 3.63) is 11.8 Å². The molecule has 0 spiro atoms. The molecule has 0 heterocycles. The van der Waals surface area contributed by atoms with Crippen LogP contribution in [0.2, 0.25) is 0 Å². The van der Waals surface area contributed by atoms with E-state index in [1.54, 1.807) is 20.2 Å². The Labute approximate surface area is 105 Å². The molecule has 0 aromatic carbocycles. The second-order valence-electron chi connectivity index (χ2n) is 3.44.